The second kappa shape index (κ2) is 5.92. The molecule has 0 bridgehead atoms. The van der Waals surface area contributed by atoms with Gasteiger partial charge in [-0.15, -0.1) is 11.3 Å². The molecule has 106 valence electrons. The Kier molecular flexibility index (Phi) is 4.24. The highest BCUT2D eigenvalue weighted by Gasteiger charge is 2.16. The van der Waals surface area contributed by atoms with Crippen molar-refractivity contribution in [2.45, 2.75) is 13.5 Å². The molecule has 2 aromatic rings. The molecule has 0 spiro atoms. The van der Waals surface area contributed by atoms with Gasteiger partial charge < -0.3 is 14.7 Å². The van der Waals surface area contributed by atoms with Crippen LogP contribution in [0.1, 0.15) is 20.9 Å². The first kappa shape index (κ1) is 14.3. The Labute approximate surface area is 121 Å². The Bertz CT molecular complexity index is 607. The van der Waals surface area contributed by atoms with Gasteiger partial charge in [-0.3, -0.25) is 0 Å². The summed E-state index contributed by atoms with van der Waals surface area (Å²) in [5.74, 6) is -0.169. The van der Waals surface area contributed by atoms with Gasteiger partial charge in [0.05, 0.1) is 7.11 Å². The number of hydrogen-bond donors (Lipinski definition) is 1. The van der Waals surface area contributed by atoms with Gasteiger partial charge in [-0.25, -0.2) is 9.78 Å². The van der Waals surface area contributed by atoms with Crippen LogP contribution in [0.2, 0.25) is 0 Å². The van der Waals surface area contributed by atoms with Crippen LogP contribution in [-0.2, 0) is 6.54 Å². The maximum absolute atomic E-state index is 11.0. The van der Waals surface area contributed by atoms with Gasteiger partial charge >= 0.3 is 5.97 Å². The lowest BCUT2D eigenvalue weighted by atomic mass is 10.2. The average molecular weight is 292 g/mol. The molecule has 0 aliphatic carbocycles. The third-order valence-corrected chi connectivity index (χ3v) is 3.98. The first-order valence-electron chi connectivity index (χ1n) is 6.06. The van der Waals surface area contributed by atoms with Crippen LogP contribution in [0.5, 0.6) is 5.75 Å². The molecule has 0 fully saturated rings. The van der Waals surface area contributed by atoms with Crippen LogP contribution in [0.4, 0.5) is 5.13 Å². The molecule has 0 atom stereocenters. The largest absolute Gasteiger partial charge is 0.497 e. The molecule has 20 heavy (non-hydrogen) atoms. The first-order valence-corrected chi connectivity index (χ1v) is 6.87. The van der Waals surface area contributed by atoms with E-state index in [1.54, 1.807) is 14.0 Å². The first-order chi connectivity index (χ1) is 9.51. The van der Waals surface area contributed by atoms with Gasteiger partial charge in [-0.1, -0.05) is 12.1 Å². The third-order valence-electron chi connectivity index (χ3n) is 2.89. The van der Waals surface area contributed by atoms with Crippen molar-refractivity contribution in [2.75, 3.05) is 19.1 Å². The molecule has 1 aromatic carbocycles. The lowest BCUT2D eigenvalue weighted by Crippen LogP contribution is -2.16. The number of methoxy groups -OCH3 is 1. The summed E-state index contributed by atoms with van der Waals surface area (Å²) >= 11 is 1.39. The lowest BCUT2D eigenvalue weighted by molar-refractivity contribution is 0.0690. The highest BCUT2D eigenvalue weighted by molar-refractivity contribution is 7.15. The molecule has 0 saturated carbocycles. The fraction of sp³-hybridized carbons (Fsp3) is 0.286. The van der Waals surface area contributed by atoms with Crippen molar-refractivity contribution in [2.24, 2.45) is 0 Å². The van der Waals surface area contributed by atoms with Gasteiger partial charge in [0.2, 0.25) is 0 Å². The highest BCUT2D eigenvalue weighted by atomic mass is 32.1. The van der Waals surface area contributed by atoms with Crippen LogP contribution in [0.25, 0.3) is 0 Å². The van der Waals surface area contributed by atoms with Crippen LogP contribution in [-0.4, -0.2) is 30.2 Å². The molecule has 0 radical (unpaired) electrons. The van der Waals surface area contributed by atoms with Crippen molar-refractivity contribution in [1.29, 1.82) is 0 Å². The van der Waals surface area contributed by atoms with Crippen molar-refractivity contribution in [3.8, 4) is 5.75 Å². The number of anilines is 1. The SMILES string of the molecule is COc1ccc(CN(C)c2nc(C(=O)O)c(C)s2)cc1. The van der Waals surface area contributed by atoms with Gasteiger partial charge in [0, 0.05) is 18.5 Å². The predicted octanol–water partition coefficient (Wildman–Crippen LogP) is 2.79. The van der Waals surface area contributed by atoms with E-state index in [1.165, 1.54) is 11.3 Å². The lowest BCUT2D eigenvalue weighted by Gasteiger charge is -2.15. The van der Waals surface area contributed by atoms with E-state index in [4.69, 9.17) is 9.84 Å². The Hall–Kier alpha value is -2.08. The molecule has 0 saturated heterocycles. The maximum atomic E-state index is 11.0. The average Bonchev–Trinajstić information content (AvgIpc) is 2.82. The summed E-state index contributed by atoms with van der Waals surface area (Å²) in [5.41, 5.74) is 1.24. The summed E-state index contributed by atoms with van der Waals surface area (Å²) < 4.78 is 5.12. The smallest absolute Gasteiger partial charge is 0.355 e. The summed E-state index contributed by atoms with van der Waals surface area (Å²) in [4.78, 5) is 17.8. The second-order valence-corrected chi connectivity index (χ2v) is 5.59. The number of ether oxygens (including phenoxy) is 1. The minimum Gasteiger partial charge on any atom is -0.497 e. The van der Waals surface area contributed by atoms with E-state index < -0.39 is 5.97 Å². The number of carbonyl (C=O) groups is 1. The maximum Gasteiger partial charge on any atom is 0.355 e. The number of carboxylic acid groups (broad SMARTS) is 1. The Morgan fingerprint density at radius 2 is 2.05 bits per heavy atom. The zero-order chi connectivity index (χ0) is 14.7. The van der Waals surface area contributed by atoms with E-state index in [2.05, 4.69) is 4.98 Å². The van der Waals surface area contributed by atoms with E-state index in [1.807, 2.05) is 36.2 Å². The van der Waals surface area contributed by atoms with Crippen LogP contribution in [0.3, 0.4) is 0 Å². The van der Waals surface area contributed by atoms with E-state index in [0.717, 1.165) is 11.3 Å². The van der Waals surface area contributed by atoms with Gasteiger partial charge in [0.25, 0.3) is 0 Å². The van der Waals surface area contributed by atoms with Crippen LogP contribution in [0.15, 0.2) is 24.3 Å². The molecular weight excluding hydrogens is 276 g/mol. The molecular formula is C14H16N2O3S. The number of aromatic carboxylic acids is 1. The fourth-order valence-electron chi connectivity index (χ4n) is 1.82. The van der Waals surface area contributed by atoms with Gasteiger partial charge in [-0.05, 0) is 24.6 Å². The van der Waals surface area contributed by atoms with Crippen molar-refractivity contribution >= 4 is 22.4 Å². The summed E-state index contributed by atoms with van der Waals surface area (Å²) in [6, 6.07) is 7.76. The van der Waals surface area contributed by atoms with E-state index in [-0.39, 0.29) is 5.69 Å². The Morgan fingerprint density at radius 1 is 1.40 bits per heavy atom. The number of thiazole rings is 1. The number of aromatic nitrogens is 1. The predicted molar refractivity (Wildman–Crippen MR) is 78.9 cm³/mol. The monoisotopic (exact) mass is 292 g/mol. The molecule has 2 rings (SSSR count). The topological polar surface area (TPSA) is 62.7 Å². The van der Waals surface area contributed by atoms with E-state index in [0.29, 0.717) is 16.6 Å². The molecule has 1 N–H and O–H groups in total. The zero-order valence-electron chi connectivity index (χ0n) is 11.6. The standard InChI is InChI=1S/C14H16N2O3S/c1-9-12(13(17)18)15-14(20-9)16(2)8-10-4-6-11(19-3)7-5-10/h4-7H,8H2,1-3H3,(H,17,18). The van der Waals surface area contributed by atoms with Crippen molar-refractivity contribution < 1.29 is 14.6 Å². The molecule has 5 nitrogen and oxygen atoms in total. The summed E-state index contributed by atoms with van der Waals surface area (Å²) in [6.45, 7) is 2.43. The molecule has 1 aromatic heterocycles. The molecule has 0 aliphatic rings. The number of aryl methyl sites for hydroxylation is 1. The minimum atomic E-state index is -0.983. The Morgan fingerprint density at radius 3 is 2.55 bits per heavy atom. The number of benzene rings is 1. The summed E-state index contributed by atoms with van der Waals surface area (Å²) in [6.07, 6.45) is 0. The summed E-state index contributed by atoms with van der Waals surface area (Å²) in [5, 5.41) is 9.72. The van der Waals surface area contributed by atoms with E-state index in [9.17, 15) is 4.79 Å². The second-order valence-electron chi connectivity index (χ2n) is 4.41. The van der Waals surface area contributed by atoms with Crippen LogP contribution < -0.4 is 9.64 Å². The van der Waals surface area contributed by atoms with Gasteiger partial charge in [0.15, 0.2) is 10.8 Å². The van der Waals surface area contributed by atoms with E-state index >= 15 is 0 Å². The Balaban J connectivity index is 2.12. The molecule has 0 unspecified atom stereocenters. The summed E-state index contributed by atoms with van der Waals surface area (Å²) in [7, 11) is 3.53. The van der Waals surface area contributed by atoms with Crippen molar-refractivity contribution in [3.63, 3.8) is 0 Å². The molecule has 0 aliphatic heterocycles. The van der Waals surface area contributed by atoms with Gasteiger partial charge in [-0.2, -0.15) is 0 Å². The van der Waals surface area contributed by atoms with Crippen LogP contribution >= 0.6 is 11.3 Å². The highest BCUT2D eigenvalue weighted by Crippen LogP contribution is 2.26. The molecule has 6 heteroatoms. The molecule has 1 heterocycles. The molecule has 0 amide bonds. The number of nitrogens with zero attached hydrogens (tertiary/aromatic N) is 2. The van der Waals surface area contributed by atoms with Crippen molar-refractivity contribution in [1.82, 2.24) is 4.98 Å². The quantitative estimate of drug-likeness (QED) is 0.918. The normalized spacial score (nSPS) is 10.3. The number of carboxylic acids is 1. The number of rotatable bonds is 5. The minimum absolute atomic E-state index is 0.131. The van der Waals surface area contributed by atoms with Crippen molar-refractivity contribution in [3.05, 3.63) is 40.4 Å². The van der Waals surface area contributed by atoms with Crippen LogP contribution in [0, 0.1) is 6.92 Å². The third kappa shape index (κ3) is 3.08. The van der Waals surface area contributed by atoms with Gasteiger partial charge in [0.1, 0.15) is 5.75 Å². The fourth-order valence-corrected chi connectivity index (χ4v) is 2.68. The zero-order valence-corrected chi connectivity index (χ0v) is 12.4. The number of hydrogen-bond acceptors (Lipinski definition) is 5.